The molecule has 0 aliphatic carbocycles. The minimum Gasteiger partial charge on any atom is -0.353 e. The number of nitrogens with one attached hydrogen (secondary N) is 1. The van der Waals surface area contributed by atoms with E-state index in [9.17, 15) is 4.79 Å². The Morgan fingerprint density at radius 1 is 1.18 bits per heavy atom. The van der Waals surface area contributed by atoms with Crippen molar-refractivity contribution in [2.75, 3.05) is 24.5 Å². The maximum absolute atomic E-state index is 13.0. The molecule has 0 saturated carbocycles. The molecule has 9 heteroatoms. The summed E-state index contributed by atoms with van der Waals surface area (Å²) >= 11 is 0. The number of nitrogens with two attached hydrogens (primary N) is 1. The Morgan fingerprint density at radius 2 is 1.97 bits per heavy atom. The number of amides is 1. The second-order valence-corrected chi connectivity index (χ2v) is 8.70. The average molecular weight is 445 g/mol. The van der Waals surface area contributed by atoms with Crippen LogP contribution in [0, 0.1) is 12.8 Å². The molecular weight excluding hydrogens is 416 g/mol. The van der Waals surface area contributed by atoms with Crippen molar-refractivity contribution in [3.05, 3.63) is 66.4 Å². The predicted octanol–water partition coefficient (Wildman–Crippen LogP) is 2.08. The lowest BCUT2D eigenvalue weighted by atomic mass is 9.96. The summed E-state index contributed by atoms with van der Waals surface area (Å²) in [5.41, 5.74) is 11.1. The second-order valence-electron chi connectivity index (χ2n) is 8.70. The third kappa shape index (κ3) is 4.19. The van der Waals surface area contributed by atoms with Gasteiger partial charge in [0.15, 0.2) is 5.82 Å². The number of anilines is 1. The first-order valence-corrected chi connectivity index (χ1v) is 11.2. The van der Waals surface area contributed by atoms with Gasteiger partial charge in [0.2, 0.25) is 5.91 Å². The zero-order valence-electron chi connectivity index (χ0n) is 18.8. The number of hydrogen-bond acceptors (Lipinski definition) is 6. The summed E-state index contributed by atoms with van der Waals surface area (Å²) < 4.78 is 3.60. The molecular formula is C24H28N8O. The van der Waals surface area contributed by atoms with Crippen molar-refractivity contribution in [2.24, 2.45) is 18.7 Å². The minimum absolute atomic E-state index is 0.0572. The van der Waals surface area contributed by atoms with E-state index >= 15 is 0 Å². The fourth-order valence-electron chi connectivity index (χ4n) is 4.28. The van der Waals surface area contributed by atoms with Gasteiger partial charge in [-0.05, 0) is 31.5 Å². The van der Waals surface area contributed by atoms with E-state index in [1.807, 2.05) is 30.2 Å². The van der Waals surface area contributed by atoms with Gasteiger partial charge in [-0.25, -0.2) is 9.50 Å². The van der Waals surface area contributed by atoms with Crippen LogP contribution in [-0.2, 0) is 11.8 Å². The lowest BCUT2D eigenvalue weighted by molar-refractivity contribution is -0.126. The number of rotatable bonds is 7. The number of aryl methyl sites for hydroxylation is 2. The highest BCUT2D eigenvalue weighted by atomic mass is 16.2. The van der Waals surface area contributed by atoms with Gasteiger partial charge in [-0.15, -0.1) is 0 Å². The summed E-state index contributed by atoms with van der Waals surface area (Å²) in [4.78, 5) is 19.6. The molecule has 0 bridgehead atoms. The summed E-state index contributed by atoms with van der Waals surface area (Å²) in [6.45, 7) is 3.81. The molecule has 0 radical (unpaired) electrons. The van der Waals surface area contributed by atoms with Crippen LogP contribution in [0.25, 0.3) is 16.6 Å². The third-order valence-corrected chi connectivity index (χ3v) is 6.23. The molecule has 1 saturated heterocycles. The van der Waals surface area contributed by atoms with Gasteiger partial charge in [-0.3, -0.25) is 9.48 Å². The van der Waals surface area contributed by atoms with Crippen LogP contribution in [0.5, 0.6) is 0 Å². The number of benzene rings is 1. The first-order chi connectivity index (χ1) is 16.0. The van der Waals surface area contributed by atoms with Crippen LogP contribution in [0.15, 0.2) is 55.2 Å². The monoisotopic (exact) mass is 444 g/mol. The van der Waals surface area contributed by atoms with Crippen LogP contribution in [0.2, 0.25) is 0 Å². The molecule has 170 valence electrons. The molecule has 0 spiro atoms. The van der Waals surface area contributed by atoms with E-state index in [0.717, 1.165) is 28.0 Å². The molecule has 0 unspecified atom stereocenters. The number of aromatic nitrogens is 5. The number of carbonyl (C=O) groups excluding carboxylic acids is 1. The highest BCUT2D eigenvalue weighted by molar-refractivity contribution is 5.84. The van der Waals surface area contributed by atoms with Gasteiger partial charge in [0.1, 0.15) is 11.8 Å². The third-order valence-electron chi connectivity index (χ3n) is 6.23. The largest absolute Gasteiger partial charge is 0.353 e. The van der Waals surface area contributed by atoms with E-state index in [-0.39, 0.29) is 17.9 Å². The fraction of sp³-hybridized carbons (Fsp3) is 0.333. The minimum atomic E-state index is -0.0847. The van der Waals surface area contributed by atoms with E-state index in [1.54, 1.807) is 11.0 Å². The Bertz CT molecular complexity index is 1270. The molecule has 1 aromatic carbocycles. The lowest BCUT2D eigenvalue weighted by Gasteiger charge is -2.39. The van der Waals surface area contributed by atoms with Crippen LogP contribution < -0.4 is 16.0 Å². The average Bonchev–Trinajstić information content (AvgIpc) is 3.39. The van der Waals surface area contributed by atoms with Crippen molar-refractivity contribution in [2.45, 2.75) is 19.4 Å². The van der Waals surface area contributed by atoms with Crippen LogP contribution in [-0.4, -0.2) is 49.9 Å². The molecule has 3 N–H and O–H groups in total. The number of hydrogen-bond donors (Lipinski definition) is 2. The van der Waals surface area contributed by atoms with Crippen LogP contribution in [0.4, 0.5) is 5.82 Å². The van der Waals surface area contributed by atoms with Gasteiger partial charge in [0.05, 0.1) is 18.2 Å². The van der Waals surface area contributed by atoms with Gasteiger partial charge in [-0.2, -0.15) is 10.2 Å². The summed E-state index contributed by atoms with van der Waals surface area (Å²) in [5, 5.41) is 11.8. The Labute approximate surface area is 192 Å². The van der Waals surface area contributed by atoms with E-state index < -0.39 is 0 Å². The SMILES string of the molecule is Cc1ccc([C@H](CCN)NC(=O)C2CN(c3ncnn4cc(-c5cnn(C)c5)cc34)C2)cc1. The first-order valence-electron chi connectivity index (χ1n) is 11.2. The van der Waals surface area contributed by atoms with E-state index in [2.05, 4.69) is 62.7 Å². The zero-order valence-corrected chi connectivity index (χ0v) is 18.8. The first kappa shape index (κ1) is 21.1. The summed E-state index contributed by atoms with van der Waals surface area (Å²) in [5.74, 6) is 0.807. The van der Waals surface area contributed by atoms with Crippen LogP contribution >= 0.6 is 0 Å². The summed E-state index contributed by atoms with van der Waals surface area (Å²) in [7, 11) is 1.90. The normalized spacial score (nSPS) is 14.9. The topological polar surface area (TPSA) is 106 Å². The lowest BCUT2D eigenvalue weighted by Crippen LogP contribution is -2.54. The van der Waals surface area contributed by atoms with Gasteiger partial charge in [0, 0.05) is 43.7 Å². The van der Waals surface area contributed by atoms with Crippen molar-refractivity contribution in [3.8, 4) is 11.1 Å². The Hall–Kier alpha value is -3.72. The van der Waals surface area contributed by atoms with Crippen molar-refractivity contribution < 1.29 is 4.79 Å². The molecule has 4 aromatic rings. The number of fused-ring (bicyclic) bond motifs is 1. The smallest absolute Gasteiger partial charge is 0.227 e. The molecule has 33 heavy (non-hydrogen) atoms. The van der Waals surface area contributed by atoms with Gasteiger partial charge >= 0.3 is 0 Å². The maximum atomic E-state index is 13.0. The van der Waals surface area contributed by atoms with Crippen LogP contribution in [0.3, 0.4) is 0 Å². The fourth-order valence-corrected chi connectivity index (χ4v) is 4.28. The molecule has 1 aliphatic rings. The van der Waals surface area contributed by atoms with Gasteiger partial charge in [-0.1, -0.05) is 29.8 Å². The Morgan fingerprint density at radius 3 is 2.67 bits per heavy atom. The molecule has 5 rings (SSSR count). The van der Waals surface area contributed by atoms with E-state index in [4.69, 9.17) is 5.73 Å². The van der Waals surface area contributed by atoms with Crippen LogP contribution in [0.1, 0.15) is 23.6 Å². The summed E-state index contributed by atoms with van der Waals surface area (Å²) in [6.07, 6.45) is 8.03. The number of carbonyl (C=O) groups is 1. The molecule has 1 aliphatic heterocycles. The van der Waals surface area contributed by atoms with Crippen molar-refractivity contribution in [1.82, 2.24) is 29.7 Å². The quantitative estimate of drug-likeness (QED) is 0.452. The Kier molecular flexibility index (Phi) is 5.55. The molecule has 1 amide bonds. The van der Waals surface area contributed by atoms with E-state index in [1.165, 1.54) is 5.56 Å². The zero-order chi connectivity index (χ0) is 22.9. The predicted molar refractivity (Wildman–Crippen MR) is 127 cm³/mol. The van der Waals surface area contributed by atoms with Crippen molar-refractivity contribution >= 4 is 17.2 Å². The molecule has 3 aromatic heterocycles. The molecule has 4 heterocycles. The summed E-state index contributed by atoms with van der Waals surface area (Å²) in [6, 6.07) is 10.2. The van der Waals surface area contributed by atoms with Gasteiger partial charge < -0.3 is 16.0 Å². The second kappa shape index (κ2) is 8.67. The Balaban J connectivity index is 1.28. The molecule has 1 atom stereocenters. The van der Waals surface area contributed by atoms with Gasteiger partial charge in [0.25, 0.3) is 0 Å². The molecule has 1 fully saturated rings. The molecule has 9 nitrogen and oxygen atoms in total. The maximum Gasteiger partial charge on any atom is 0.227 e. The van der Waals surface area contributed by atoms with E-state index in [0.29, 0.717) is 26.1 Å². The number of nitrogens with zero attached hydrogens (tertiary/aromatic N) is 6. The standard InChI is InChI=1S/C24H28N8O/c1-16-3-5-17(6-4-16)21(7-8-25)29-24(33)20-12-31(13-20)23-22-9-18(14-32(22)28-15-26-23)19-10-27-30(2)11-19/h3-6,9-11,14-15,20-21H,7-8,12-13,25H2,1-2H3,(H,29,33)/t21-/m0/s1. The van der Waals surface area contributed by atoms with Crippen molar-refractivity contribution in [3.63, 3.8) is 0 Å². The highest BCUT2D eigenvalue weighted by Gasteiger charge is 2.35. The van der Waals surface area contributed by atoms with Crippen molar-refractivity contribution in [1.29, 1.82) is 0 Å². The highest BCUT2D eigenvalue weighted by Crippen LogP contribution is 2.30.